The minimum absolute atomic E-state index is 0.0524. The van der Waals surface area contributed by atoms with Gasteiger partial charge >= 0.3 is 0 Å². The molecule has 2 rings (SSSR count). The maximum Gasteiger partial charge on any atom is 0.133 e. The maximum absolute atomic E-state index is 14.5. The number of nitrogens with zero attached hydrogens (tertiary/aromatic N) is 1. The summed E-state index contributed by atoms with van der Waals surface area (Å²) in [5, 5.41) is 12.1. The van der Waals surface area contributed by atoms with Crippen molar-refractivity contribution in [2.45, 2.75) is 66.2 Å². The van der Waals surface area contributed by atoms with E-state index in [1.54, 1.807) is 7.05 Å². The zero-order valence-electron chi connectivity index (χ0n) is 19.9. The molecule has 0 heterocycles. The third-order valence-corrected chi connectivity index (χ3v) is 5.45. The second-order valence-corrected chi connectivity index (χ2v) is 7.98. The fraction of sp³-hybridized carbons (Fsp3) is 0.577. The van der Waals surface area contributed by atoms with Gasteiger partial charge in [-0.15, -0.1) is 0 Å². The second kappa shape index (κ2) is 15.0. The van der Waals surface area contributed by atoms with Gasteiger partial charge in [-0.3, -0.25) is 4.99 Å². The zero-order chi connectivity index (χ0) is 23.2. The Morgan fingerprint density at radius 1 is 1.19 bits per heavy atom. The van der Waals surface area contributed by atoms with Crippen molar-refractivity contribution in [3.05, 3.63) is 52.6 Å². The minimum atomic E-state index is -0.532. The minimum Gasteiger partial charge on any atom is -0.395 e. The summed E-state index contributed by atoms with van der Waals surface area (Å²) in [6.45, 7) is 9.71. The summed E-state index contributed by atoms with van der Waals surface area (Å²) in [6, 6.07) is 4.02. The van der Waals surface area contributed by atoms with Crippen LogP contribution in [0.1, 0.15) is 71.8 Å². The molecule has 1 aliphatic rings. The Balaban J connectivity index is 0.00000151. The van der Waals surface area contributed by atoms with Crippen LogP contribution in [0.15, 0.2) is 40.4 Å². The van der Waals surface area contributed by atoms with Gasteiger partial charge in [0.2, 0.25) is 0 Å². The molecule has 3 nitrogen and oxygen atoms in total. The van der Waals surface area contributed by atoms with Crippen LogP contribution in [0.25, 0.3) is 5.57 Å². The van der Waals surface area contributed by atoms with Crippen molar-refractivity contribution < 1.29 is 13.9 Å². The number of aliphatic imine (C=N–C) groups is 1. The van der Waals surface area contributed by atoms with Crippen LogP contribution in [0, 0.1) is 17.6 Å². The number of aliphatic hydroxyl groups excluding tert-OH is 1. The van der Waals surface area contributed by atoms with Gasteiger partial charge in [0.25, 0.3) is 0 Å². The Morgan fingerprint density at radius 2 is 1.84 bits per heavy atom. The number of hydrogen-bond acceptors (Lipinski definition) is 3. The van der Waals surface area contributed by atoms with Gasteiger partial charge in [-0.05, 0) is 74.9 Å². The van der Waals surface area contributed by atoms with E-state index in [9.17, 15) is 8.78 Å². The Labute approximate surface area is 187 Å². The average Bonchev–Trinajstić information content (AvgIpc) is 2.76. The number of rotatable bonds is 8. The monoisotopic (exact) mass is 434 g/mol. The first-order valence-electron chi connectivity index (χ1n) is 11.6. The molecule has 1 unspecified atom stereocenters. The Kier molecular flexibility index (Phi) is 13.2. The molecule has 1 fully saturated rings. The van der Waals surface area contributed by atoms with E-state index < -0.39 is 11.6 Å². The lowest BCUT2D eigenvalue weighted by Gasteiger charge is -2.27. The molecule has 0 spiro atoms. The molecule has 5 heteroatoms. The summed E-state index contributed by atoms with van der Waals surface area (Å²) in [6.07, 6.45) is 7.82. The van der Waals surface area contributed by atoms with Crippen LogP contribution < -0.4 is 5.32 Å². The van der Waals surface area contributed by atoms with Crippen molar-refractivity contribution >= 4 is 11.3 Å². The van der Waals surface area contributed by atoms with Crippen molar-refractivity contribution in [1.82, 2.24) is 5.32 Å². The first-order valence-corrected chi connectivity index (χ1v) is 11.6. The molecule has 0 aliphatic heterocycles. The van der Waals surface area contributed by atoms with Crippen LogP contribution in [-0.2, 0) is 0 Å². The number of hydrogen-bond donors (Lipinski definition) is 2. The molecule has 1 aromatic carbocycles. The highest BCUT2D eigenvalue weighted by atomic mass is 19.1. The van der Waals surface area contributed by atoms with E-state index in [-0.39, 0.29) is 12.2 Å². The lowest BCUT2D eigenvalue weighted by atomic mass is 9.80. The molecular formula is C26H40F2N2O. The molecule has 1 aliphatic carbocycles. The SMILES string of the molecule is CC/C(C)=C(/C=C1/CCCC(CCNCCO)C1=NC)c1c(F)cccc1F.CCC. The molecule has 1 atom stereocenters. The molecule has 2 N–H and O–H groups in total. The summed E-state index contributed by atoms with van der Waals surface area (Å²) in [5.41, 5.74) is 3.75. The Hall–Kier alpha value is -1.85. The lowest BCUT2D eigenvalue weighted by Crippen LogP contribution is -2.28. The van der Waals surface area contributed by atoms with E-state index in [1.165, 1.54) is 24.6 Å². The van der Waals surface area contributed by atoms with Crippen LogP contribution >= 0.6 is 0 Å². The van der Waals surface area contributed by atoms with E-state index in [4.69, 9.17) is 5.11 Å². The molecule has 0 aromatic heterocycles. The number of aliphatic hydroxyl groups is 1. The van der Waals surface area contributed by atoms with Gasteiger partial charge in [0.05, 0.1) is 12.2 Å². The number of nitrogens with one attached hydrogen (secondary N) is 1. The van der Waals surface area contributed by atoms with Gasteiger partial charge in [-0.25, -0.2) is 8.78 Å². The Morgan fingerprint density at radius 3 is 2.39 bits per heavy atom. The smallest absolute Gasteiger partial charge is 0.133 e. The topological polar surface area (TPSA) is 44.6 Å². The number of benzene rings is 1. The largest absolute Gasteiger partial charge is 0.395 e. The van der Waals surface area contributed by atoms with Gasteiger partial charge in [0.15, 0.2) is 0 Å². The predicted octanol–water partition coefficient (Wildman–Crippen LogP) is 6.33. The second-order valence-electron chi connectivity index (χ2n) is 7.98. The fourth-order valence-corrected chi connectivity index (χ4v) is 3.83. The molecule has 174 valence electrons. The lowest BCUT2D eigenvalue weighted by molar-refractivity contribution is 0.291. The number of allylic oxidation sites excluding steroid dienone is 4. The fourth-order valence-electron chi connectivity index (χ4n) is 3.83. The summed E-state index contributed by atoms with van der Waals surface area (Å²) in [4.78, 5) is 4.55. The van der Waals surface area contributed by atoms with Crippen LogP contribution in [0.2, 0.25) is 0 Å². The Bertz CT molecular complexity index is 748. The highest BCUT2D eigenvalue weighted by molar-refractivity contribution is 6.04. The molecule has 0 saturated heterocycles. The third kappa shape index (κ3) is 8.30. The average molecular weight is 435 g/mol. The van der Waals surface area contributed by atoms with E-state index >= 15 is 0 Å². The van der Waals surface area contributed by atoms with E-state index in [0.717, 1.165) is 55.5 Å². The summed E-state index contributed by atoms with van der Waals surface area (Å²) in [5.74, 6) is -0.741. The highest BCUT2D eigenvalue weighted by Crippen LogP contribution is 2.34. The molecule has 1 saturated carbocycles. The van der Waals surface area contributed by atoms with Gasteiger partial charge in [-0.2, -0.15) is 0 Å². The maximum atomic E-state index is 14.5. The first-order chi connectivity index (χ1) is 14.9. The van der Waals surface area contributed by atoms with E-state index in [2.05, 4.69) is 24.2 Å². The van der Waals surface area contributed by atoms with Crippen molar-refractivity contribution in [3.63, 3.8) is 0 Å². The van der Waals surface area contributed by atoms with Gasteiger partial charge in [0.1, 0.15) is 11.6 Å². The summed E-state index contributed by atoms with van der Waals surface area (Å²) >= 11 is 0. The molecule has 1 aromatic rings. The van der Waals surface area contributed by atoms with E-state index in [0.29, 0.717) is 18.0 Å². The van der Waals surface area contributed by atoms with Crippen LogP contribution in [0.4, 0.5) is 8.78 Å². The van der Waals surface area contributed by atoms with Crippen molar-refractivity contribution in [3.8, 4) is 0 Å². The molecule has 0 amide bonds. The highest BCUT2D eigenvalue weighted by Gasteiger charge is 2.25. The first kappa shape index (κ1) is 27.2. The normalized spacial score (nSPS) is 19.8. The molecular weight excluding hydrogens is 394 g/mol. The molecule has 31 heavy (non-hydrogen) atoms. The standard InChI is InChI=1S/C23H32F2N2O.C3H8/c1-4-16(2)19(22-20(24)9-6-10-21(22)25)15-18-8-5-7-17(23(18)26-3)11-12-27-13-14-28;1-3-2/h6,9-10,15,17,27-28H,4-5,7-8,11-14H2,1-3H3;3H2,1-2H3/b18-15-,19-16-,26-23?;. The molecule has 0 bridgehead atoms. The van der Waals surface area contributed by atoms with Crippen LogP contribution in [0.5, 0.6) is 0 Å². The molecule has 0 radical (unpaired) electrons. The third-order valence-electron chi connectivity index (χ3n) is 5.45. The van der Waals surface area contributed by atoms with Gasteiger partial charge < -0.3 is 10.4 Å². The van der Waals surface area contributed by atoms with Crippen LogP contribution in [-0.4, -0.2) is 37.6 Å². The summed E-state index contributed by atoms with van der Waals surface area (Å²) < 4.78 is 29.0. The zero-order valence-corrected chi connectivity index (χ0v) is 19.9. The van der Waals surface area contributed by atoms with E-state index in [1.807, 2.05) is 19.9 Å². The van der Waals surface area contributed by atoms with Crippen molar-refractivity contribution in [2.24, 2.45) is 10.9 Å². The van der Waals surface area contributed by atoms with Gasteiger partial charge in [-0.1, -0.05) is 38.8 Å². The quantitative estimate of drug-likeness (QED) is 0.469. The number of halogens is 2. The van der Waals surface area contributed by atoms with Crippen LogP contribution in [0.3, 0.4) is 0 Å². The van der Waals surface area contributed by atoms with Crippen molar-refractivity contribution in [2.75, 3.05) is 26.7 Å². The summed E-state index contributed by atoms with van der Waals surface area (Å²) in [7, 11) is 1.79. The predicted molar refractivity (Wildman–Crippen MR) is 129 cm³/mol. The van der Waals surface area contributed by atoms with Crippen molar-refractivity contribution in [1.29, 1.82) is 0 Å². The van der Waals surface area contributed by atoms with Gasteiger partial charge in [0, 0.05) is 25.2 Å².